The summed E-state index contributed by atoms with van der Waals surface area (Å²) >= 11 is 7.16. The number of ether oxygens (including phenoxy) is 4. The minimum absolute atomic E-state index is 0.269. The Hall–Kier alpha value is -1.08. The number of hydrogen-bond acceptors (Lipinski definition) is 4. The average Bonchev–Trinajstić information content (AvgIpc) is 2.69. The van der Waals surface area contributed by atoms with Gasteiger partial charge in [0.25, 0.3) is 0 Å². The second kappa shape index (κ2) is 13.2. The molecule has 0 N–H and O–H groups in total. The van der Waals surface area contributed by atoms with Crippen molar-refractivity contribution in [2.24, 2.45) is 0 Å². The van der Waals surface area contributed by atoms with E-state index in [1.807, 2.05) is 38.1 Å². The number of halogens is 2. The van der Waals surface area contributed by atoms with Crippen molar-refractivity contribution in [3.8, 4) is 11.5 Å². The van der Waals surface area contributed by atoms with Crippen LogP contribution in [0, 0.1) is 0 Å². The fourth-order valence-corrected chi connectivity index (χ4v) is 3.87. The van der Waals surface area contributed by atoms with Gasteiger partial charge in [-0.25, -0.2) is 0 Å². The number of aryl methyl sites for hydroxylation is 2. The third-order valence-electron chi connectivity index (χ3n) is 4.22. The van der Waals surface area contributed by atoms with E-state index in [1.54, 1.807) is 0 Å². The molecule has 0 radical (unpaired) electrons. The lowest BCUT2D eigenvalue weighted by Gasteiger charge is -2.14. The lowest BCUT2D eigenvalue weighted by molar-refractivity contribution is 0.0210. The van der Waals surface area contributed by atoms with Gasteiger partial charge in [-0.2, -0.15) is 0 Å². The molecule has 2 aromatic rings. The molecular weight excluding hydrogens is 488 g/mol. The lowest BCUT2D eigenvalue weighted by atomic mass is 10.0. The third-order valence-corrected chi connectivity index (χ3v) is 5.47. The second-order valence-corrected chi connectivity index (χ2v) is 7.88. The molecule has 0 aliphatic carbocycles. The smallest absolute Gasteiger partial charge is 0.189 e. The molecule has 0 aliphatic heterocycles. The molecule has 0 saturated carbocycles. The molecule has 0 aliphatic rings. The van der Waals surface area contributed by atoms with Gasteiger partial charge >= 0.3 is 0 Å². The molecular formula is C22H28Br2O4. The van der Waals surface area contributed by atoms with Crippen molar-refractivity contribution in [3.05, 3.63) is 56.5 Å². The summed E-state index contributed by atoms with van der Waals surface area (Å²) in [5.74, 6) is 1.75. The van der Waals surface area contributed by atoms with Gasteiger partial charge in [-0.1, -0.05) is 24.3 Å². The minimum Gasteiger partial charge on any atom is -0.466 e. The summed E-state index contributed by atoms with van der Waals surface area (Å²) in [6, 6.07) is 12.3. The Kier molecular flexibility index (Phi) is 10.9. The summed E-state index contributed by atoms with van der Waals surface area (Å²) in [6.45, 7) is 5.73. The van der Waals surface area contributed by atoms with E-state index in [9.17, 15) is 0 Å². The monoisotopic (exact) mass is 514 g/mol. The maximum absolute atomic E-state index is 5.80. The maximum atomic E-state index is 5.80. The van der Waals surface area contributed by atoms with Crippen LogP contribution < -0.4 is 9.47 Å². The predicted molar refractivity (Wildman–Crippen MR) is 119 cm³/mol. The average molecular weight is 516 g/mol. The zero-order valence-electron chi connectivity index (χ0n) is 16.5. The van der Waals surface area contributed by atoms with Crippen LogP contribution in [0.1, 0.15) is 37.8 Å². The molecule has 0 amide bonds. The topological polar surface area (TPSA) is 36.9 Å². The van der Waals surface area contributed by atoms with E-state index in [1.165, 1.54) is 11.1 Å². The molecule has 0 saturated heterocycles. The number of hydrogen-bond donors (Lipinski definition) is 0. The van der Waals surface area contributed by atoms with E-state index >= 15 is 0 Å². The molecule has 0 unspecified atom stereocenters. The Bertz CT molecular complexity index is 660. The molecule has 0 fully saturated rings. The molecule has 0 aromatic heterocycles. The summed E-state index contributed by atoms with van der Waals surface area (Å²) in [6.07, 6.45) is 4.01. The standard InChI is InChI=1S/C22H28Br2O4/c1-3-25-15-27-21-17(11-7-13-19(21)23)9-5-6-10-18-12-8-14-20(24)22(18)28-16-26-4-2/h7-8,11-14H,3-6,9-10,15-16H2,1-2H3. The number of para-hydroxylation sites is 2. The van der Waals surface area contributed by atoms with Gasteiger partial charge in [-0.15, -0.1) is 0 Å². The molecule has 2 aromatic carbocycles. The molecule has 6 heteroatoms. The van der Waals surface area contributed by atoms with Crippen LogP contribution in [0.5, 0.6) is 11.5 Å². The first kappa shape index (κ1) is 23.2. The number of benzene rings is 2. The Labute approximate surface area is 184 Å². The van der Waals surface area contributed by atoms with E-state index in [4.69, 9.17) is 18.9 Å². The summed E-state index contributed by atoms with van der Waals surface area (Å²) < 4.78 is 24.2. The third kappa shape index (κ3) is 7.39. The van der Waals surface area contributed by atoms with E-state index in [2.05, 4.69) is 44.0 Å². The maximum Gasteiger partial charge on any atom is 0.189 e. The van der Waals surface area contributed by atoms with Crippen LogP contribution in [-0.4, -0.2) is 26.8 Å². The molecule has 2 rings (SSSR count). The molecule has 28 heavy (non-hydrogen) atoms. The summed E-state index contributed by atoms with van der Waals surface area (Å²) in [5, 5.41) is 0. The highest BCUT2D eigenvalue weighted by atomic mass is 79.9. The Balaban J connectivity index is 1.91. The highest BCUT2D eigenvalue weighted by Crippen LogP contribution is 2.32. The summed E-state index contributed by atoms with van der Waals surface area (Å²) in [4.78, 5) is 0. The first-order valence-electron chi connectivity index (χ1n) is 9.63. The normalized spacial score (nSPS) is 10.9. The highest BCUT2D eigenvalue weighted by Gasteiger charge is 2.10. The number of unbranched alkanes of at least 4 members (excludes halogenated alkanes) is 1. The van der Waals surface area contributed by atoms with Crippen molar-refractivity contribution >= 4 is 31.9 Å². The minimum atomic E-state index is 0.269. The van der Waals surface area contributed by atoms with Gasteiger partial charge in [-0.05, 0) is 94.7 Å². The van der Waals surface area contributed by atoms with Gasteiger partial charge in [0.2, 0.25) is 0 Å². The van der Waals surface area contributed by atoms with Crippen molar-refractivity contribution < 1.29 is 18.9 Å². The van der Waals surface area contributed by atoms with E-state index in [-0.39, 0.29) is 13.6 Å². The summed E-state index contributed by atoms with van der Waals surface area (Å²) in [7, 11) is 0. The molecule has 0 bridgehead atoms. The van der Waals surface area contributed by atoms with Crippen molar-refractivity contribution in [1.82, 2.24) is 0 Å². The van der Waals surface area contributed by atoms with E-state index in [0.717, 1.165) is 46.1 Å². The van der Waals surface area contributed by atoms with E-state index < -0.39 is 0 Å². The Morgan fingerprint density at radius 1 is 0.679 bits per heavy atom. The molecule has 0 spiro atoms. The fourth-order valence-electron chi connectivity index (χ4n) is 2.82. The van der Waals surface area contributed by atoms with Crippen LogP contribution in [-0.2, 0) is 22.3 Å². The van der Waals surface area contributed by atoms with Gasteiger partial charge in [0, 0.05) is 13.2 Å². The van der Waals surface area contributed by atoms with Crippen molar-refractivity contribution in [3.63, 3.8) is 0 Å². The van der Waals surface area contributed by atoms with Gasteiger partial charge in [-0.3, -0.25) is 0 Å². The van der Waals surface area contributed by atoms with Gasteiger partial charge in [0.15, 0.2) is 13.6 Å². The second-order valence-electron chi connectivity index (χ2n) is 6.17. The molecule has 154 valence electrons. The molecule has 4 nitrogen and oxygen atoms in total. The van der Waals surface area contributed by atoms with Crippen LogP contribution in [0.25, 0.3) is 0 Å². The van der Waals surface area contributed by atoms with Crippen LogP contribution in [0.4, 0.5) is 0 Å². The van der Waals surface area contributed by atoms with Crippen molar-refractivity contribution in [2.75, 3.05) is 26.8 Å². The summed E-state index contributed by atoms with van der Waals surface area (Å²) in [5.41, 5.74) is 2.38. The van der Waals surface area contributed by atoms with Crippen molar-refractivity contribution in [2.45, 2.75) is 39.5 Å². The van der Waals surface area contributed by atoms with Gasteiger partial charge in [0.1, 0.15) is 11.5 Å². The zero-order valence-corrected chi connectivity index (χ0v) is 19.7. The van der Waals surface area contributed by atoms with E-state index in [0.29, 0.717) is 13.2 Å². The highest BCUT2D eigenvalue weighted by molar-refractivity contribution is 9.10. The number of rotatable bonds is 13. The molecule has 0 atom stereocenters. The zero-order chi connectivity index (χ0) is 20.2. The van der Waals surface area contributed by atoms with Gasteiger partial charge < -0.3 is 18.9 Å². The first-order chi connectivity index (χ1) is 13.7. The predicted octanol–water partition coefficient (Wildman–Crippen LogP) is 6.52. The largest absolute Gasteiger partial charge is 0.466 e. The van der Waals surface area contributed by atoms with Crippen LogP contribution in [0.2, 0.25) is 0 Å². The van der Waals surface area contributed by atoms with Crippen LogP contribution in [0.15, 0.2) is 45.3 Å². The first-order valence-corrected chi connectivity index (χ1v) is 11.2. The Morgan fingerprint density at radius 2 is 1.11 bits per heavy atom. The lowest BCUT2D eigenvalue weighted by Crippen LogP contribution is -2.05. The van der Waals surface area contributed by atoms with Crippen LogP contribution in [0.3, 0.4) is 0 Å². The molecule has 0 heterocycles. The van der Waals surface area contributed by atoms with Crippen LogP contribution >= 0.6 is 31.9 Å². The Morgan fingerprint density at radius 3 is 1.50 bits per heavy atom. The van der Waals surface area contributed by atoms with Crippen molar-refractivity contribution in [1.29, 1.82) is 0 Å². The fraction of sp³-hybridized carbons (Fsp3) is 0.455. The SMILES string of the molecule is CCOCOc1c(Br)cccc1CCCCc1cccc(Br)c1OCOCC. The van der Waals surface area contributed by atoms with Gasteiger partial charge in [0.05, 0.1) is 8.95 Å². The quantitative estimate of drug-likeness (QED) is 0.224.